The summed E-state index contributed by atoms with van der Waals surface area (Å²) in [5, 5.41) is 12.8. The molecule has 0 saturated carbocycles. The third-order valence-electron chi connectivity index (χ3n) is 3.70. The van der Waals surface area contributed by atoms with Crippen molar-refractivity contribution in [1.82, 2.24) is 19.9 Å². The van der Waals surface area contributed by atoms with Gasteiger partial charge in [0.15, 0.2) is 0 Å². The fourth-order valence-electron chi connectivity index (χ4n) is 2.52. The van der Waals surface area contributed by atoms with Crippen molar-refractivity contribution in [2.75, 3.05) is 13.1 Å². The molecule has 2 heterocycles. The minimum absolute atomic E-state index is 0.00837. The highest BCUT2D eigenvalue weighted by atomic mass is 32.2. The quantitative estimate of drug-likeness (QED) is 0.856. The van der Waals surface area contributed by atoms with Crippen LogP contribution in [0.3, 0.4) is 0 Å². The molecule has 8 nitrogen and oxygen atoms in total. The number of aromatic nitrogens is 3. The maximum Gasteiger partial charge on any atom is 0.253 e. The van der Waals surface area contributed by atoms with Crippen LogP contribution in [0.15, 0.2) is 41.6 Å². The Morgan fingerprint density at radius 2 is 2.00 bits per heavy atom. The number of nitrogens with zero attached hydrogens (tertiary/aromatic N) is 4. The van der Waals surface area contributed by atoms with E-state index in [2.05, 4.69) is 10.3 Å². The first-order chi connectivity index (χ1) is 10.4. The third-order valence-corrected chi connectivity index (χ3v) is 4.62. The van der Waals surface area contributed by atoms with Crippen molar-refractivity contribution in [3.8, 4) is 0 Å². The van der Waals surface area contributed by atoms with Crippen molar-refractivity contribution in [1.29, 1.82) is 0 Å². The number of rotatable bonds is 3. The number of sulfonamides is 1. The van der Waals surface area contributed by atoms with Gasteiger partial charge >= 0.3 is 0 Å². The van der Waals surface area contributed by atoms with Gasteiger partial charge in [-0.05, 0) is 30.7 Å². The van der Waals surface area contributed by atoms with E-state index in [0.717, 1.165) is 6.42 Å². The molecular weight excluding hydrogens is 306 g/mol. The molecule has 1 aliphatic rings. The molecular formula is C13H15N5O3S. The molecule has 22 heavy (non-hydrogen) atoms. The molecule has 3 rings (SSSR count). The molecule has 1 saturated heterocycles. The Balaban J connectivity index is 1.72. The molecule has 0 radical (unpaired) electrons. The zero-order valence-corrected chi connectivity index (χ0v) is 12.5. The molecule has 0 bridgehead atoms. The second kappa shape index (κ2) is 5.50. The topological polar surface area (TPSA) is 111 Å². The van der Waals surface area contributed by atoms with Crippen molar-refractivity contribution >= 4 is 15.9 Å². The highest BCUT2D eigenvalue weighted by Gasteiger charge is 2.28. The van der Waals surface area contributed by atoms with E-state index < -0.39 is 10.0 Å². The van der Waals surface area contributed by atoms with Crippen molar-refractivity contribution in [3.05, 3.63) is 42.2 Å². The van der Waals surface area contributed by atoms with Gasteiger partial charge in [0.2, 0.25) is 10.0 Å². The third kappa shape index (κ3) is 2.85. The molecule has 116 valence electrons. The number of primary sulfonamides is 1. The van der Waals surface area contributed by atoms with E-state index in [1.807, 2.05) is 0 Å². The fraction of sp³-hybridized carbons (Fsp3) is 0.308. The Bertz CT molecular complexity index is 771. The molecule has 2 aromatic rings. The van der Waals surface area contributed by atoms with Gasteiger partial charge in [0.25, 0.3) is 5.91 Å². The first kappa shape index (κ1) is 14.7. The summed E-state index contributed by atoms with van der Waals surface area (Å²) in [5.41, 5.74) is 0.437. The summed E-state index contributed by atoms with van der Waals surface area (Å²) >= 11 is 0. The summed E-state index contributed by atoms with van der Waals surface area (Å²) in [6.45, 7) is 1.18. The number of hydrogen-bond acceptors (Lipinski definition) is 5. The van der Waals surface area contributed by atoms with Crippen LogP contribution >= 0.6 is 0 Å². The Kier molecular flexibility index (Phi) is 3.67. The molecule has 1 aromatic heterocycles. The summed E-state index contributed by atoms with van der Waals surface area (Å²) in [5.74, 6) is -0.136. The molecule has 1 atom stereocenters. The number of hydrogen-bond donors (Lipinski definition) is 1. The molecule has 9 heteroatoms. The Labute approximate surface area is 127 Å². The van der Waals surface area contributed by atoms with Gasteiger partial charge in [0.05, 0.1) is 17.1 Å². The van der Waals surface area contributed by atoms with E-state index in [1.54, 1.807) is 22.0 Å². The number of carbonyl (C=O) groups excluding carboxylic acids is 1. The van der Waals surface area contributed by atoms with Crippen molar-refractivity contribution < 1.29 is 13.2 Å². The molecule has 1 fully saturated rings. The van der Waals surface area contributed by atoms with Gasteiger partial charge in [0, 0.05) is 24.8 Å². The smallest absolute Gasteiger partial charge is 0.253 e. The summed E-state index contributed by atoms with van der Waals surface area (Å²) in [7, 11) is -3.75. The zero-order chi connectivity index (χ0) is 15.7. The van der Waals surface area contributed by atoms with Gasteiger partial charge in [-0.25, -0.2) is 18.2 Å². The summed E-state index contributed by atoms with van der Waals surface area (Å²) in [6.07, 6.45) is 4.19. The Morgan fingerprint density at radius 1 is 1.27 bits per heavy atom. The van der Waals surface area contributed by atoms with Crippen LogP contribution in [0, 0.1) is 0 Å². The molecule has 1 unspecified atom stereocenters. The Hall–Kier alpha value is -2.26. The molecule has 0 spiro atoms. The van der Waals surface area contributed by atoms with Crippen molar-refractivity contribution in [2.24, 2.45) is 5.14 Å². The first-order valence-electron chi connectivity index (χ1n) is 6.73. The maximum atomic E-state index is 12.4. The number of benzene rings is 1. The predicted octanol–water partition coefficient (Wildman–Crippen LogP) is 0.0127. The molecule has 0 aliphatic carbocycles. The maximum absolute atomic E-state index is 12.4. The fourth-order valence-corrected chi connectivity index (χ4v) is 3.04. The van der Waals surface area contributed by atoms with Crippen molar-refractivity contribution in [3.63, 3.8) is 0 Å². The number of nitrogens with two attached hydrogens (primary N) is 1. The molecule has 1 aliphatic heterocycles. The lowest BCUT2D eigenvalue weighted by molar-refractivity contribution is 0.0787. The van der Waals surface area contributed by atoms with E-state index in [4.69, 9.17) is 5.14 Å². The number of likely N-dealkylation sites (tertiary alicyclic amines) is 1. The Morgan fingerprint density at radius 3 is 2.59 bits per heavy atom. The zero-order valence-electron chi connectivity index (χ0n) is 11.7. The average Bonchev–Trinajstić information content (AvgIpc) is 3.16. The minimum atomic E-state index is -3.75. The van der Waals surface area contributed by atoms with Gasteiger partial charge in [-0.3, -0.25) is 4.79 Å². The lowest BCUT2D eigenvalue weighted by Crippen LogP contribution is -2.29. The van der Waals surface area contributed by atoms with Crippen LogP contribution in [-0.4, -0.2) is 47.3 Å². The monoisotopic (exact) mass is 321 g/mol. The van der Waals surface area contributed by atoms with E-state index in [0.29, 0.717) is 18.7 Å². The van der Waals surface area contributed by atoms with Crippen LogP contribution < -0.4 is 5.14 Å². The van der Waals surface area contributed by atoms with E-state index in [9.17, 15) is 13.2 Å². The normalized spacial score (nSPS) is 18.6. The first-order valence-corrected chi connectivity index (χ1v) is 8.28. The van der Waals surface area contributed by atoms with Gasteiger partial charge in [-0.1, -0.05) is 5.21 Å². The molecule has 1 aromatic carbocycles. The van der Waals surface area contributed by atoms with Crippen LogP contribution in [0.2, 0.25) is 0 Å². The van der Waals surface area contributed by atoms with Crippen molar-refractivity contribution in [2.45, 2.75) is 17.4 Å². The van der Waals surface area contributed by atoms with Gasteiger partial charge in [0.1, 0.15) is 0 Å². The van der Waals surface area contributed by atoms with Gasteiger partial charge < -0.3 is 4.90 Å². The second-order valence-electron chi connectivity index (χ2n) is 5.15. The van der Waals surface area contributed by atoms with E-state index in [-0.39, 0.29) is 16.8 Å². The summed E-state index contributed by atoms with van der Waals surface area (Å²) < 4.78 is 24.2. The van der Waals surface area contributed by atoms with Crippen LogP contribution in [0.4, 0.5) is 0 Å². The van der Waals surface area contributed by atoms with Crippen LogP contribution in [0.25, 0.3) is 0 Å². The van der Waals surface area contributed by atoms with Crippen LogP contribution in [0.5, 0.6) is 0 Å². The largest absolute Gasteiger partial charge is 0.336 e. The second-order valence-corrected chi connectivity index (χ2v) is 6.71. The van der Waals surface area contributed by atoms with Crippen LogP contribution in [0.1, 0.15) is 22.8 Å². The minimum Gasteiger partial charge on any atom is -0.336 e. The lowest BCUT2D eigenvalue weighted by atomic mass is 10.2. The average molecular weight is 321 g/mol. The molecule has 1 amide bonds. The SMILES string of the molecule is NS(=O)(=O)c1ccc(C(=O)N2CCC(n3ccnn3)C2)cc1. The summed E-state index contributed by atoms with van der Waals surface area (Å²) in [4.78, 5) is 14.1. The van der Waals surface area contributed by atoms with E-state index in [1.165, 1.54) is 24.3 Å². The molecule has 2 N–H and O–H groups in total. The van der Waals surface area contributed by atoms with E-state index >= 15 is 0 Å². The van der Waals surface area contributed by atoms with Gasteiger partial charge in [-0.15, -0.1) is 5.10 Å². The van der Waals surface area contributed by atoms with Gasteiger partial charge in [-0.2, -0.15) is 0 Å². The van der Waals surface area contributed by atoms with Crippen LogP contribution in [-0.2, 0) is 10.0 Å². The lowest BCUT2D eigenvalue weighted by Gasteiger charge is -2.16. The highest BCUT2D eigenvalue weighted by Crippen LogP contribution is 2.22. The number of amides is 1. The highest BCUT2D eigenvalue weighted by molar-refractivity contribution is 7.89. The predicted molar refractivity (Wildman–Crippen MR) is 77.4 cm³/mol. The summed E-state index contributed by atoms with van der Waals surface area (Å²) in [6, 6.07) is 5.76. The number of carbonyl (C=O) groups is 1. The standard InChI is InChI=1S/C13H15N5O3S/c14-22(20,21)12-3-1-10(2-4-12)13(19)17-7-5-11(9-17)18-8-6-15-16-18/h1-4,6,8,11H,5,7,9H2,(H2,14,20,21).